The first kappa shape index (κ1) is 12.6. The fourth-order valence-electron chi connectivity index (χ4n) is 1.34. The molecule has 86 valence electrons. The van der Waals surface area contributed by atoms with Crippen LogP contribution in [0.1, 0.15) is 0 Å². The molecule has 1 fully saturated rings. The molecule has 15 heavy (non-hydrogen) atoms. The Kier molecular flexibility index (Phi) is 3.87. The van der Waals surface area contributed by atoms with Crippen LogP contribution in [0.15, 0.2) is 4.99 Å². The van der Waals surface area contributed by atoms with E-state index in [1.165, 1.54) is 0 Å². The molecule has 8 heteroatoms. The monoisotopic (exact) mass is 237 g/mol. The number of aliphatic hydroxyl groups is 5. The van der Waals surface area contributed by atoms with E-state index in [-0.39, 0.29) is 0 Å². The minimum Gasteiger partial charge on any atom is -0.393 e. The van der Waals surface area contributed by atoms with Crippen LogP contribution < -0.4 is 0 Å². The Morgan fingerprint density at radius 3 is 2.47 bits per heavy atom. The number of nitrogens with zero attached hydrogens (tertiary/aromatic N) is 1. The molecule has 1 heterocycles. The van der Waals surface area contributed by atoms with Gasteiger partial charge in [0.05, 0.1) is 11.8 Å². The van der Waals surface area contributed by atoms with Crippen molar-refractivity contribution in [2.24, 2.45) is 4.99 Å². The number of rotatable bonds is 2. The molecule has 0 radical (unpaired) electrons. The van der Waals surface area contributed by atoms with Crippen molar-refractivity contribution in [1.29, 1.82) is 0 Å². The minimum absolute atomic E-state index is 0.710. The summed E-state index contributed by atoms with van der Waals surface area (Å²) in [4.78, 5) is 3.25. The molecular weight excluding hydrogens is 226 g/mol. The summed E-state index contributed by atoms with van der Waals surface area (Å²) >= 11 is 4.26. The van der Waals surface area contributed by atoms with Crippen LogP contribution in [0.25, 0.3) is 0 Å². The summed E-state index contributed by atoms with van der Waals surface area (Å²) in [5.74, 6) is 0. The van der Waals surface area contributed by atoms with Gasteiger partial charge in [0, 0.05) is 0 Å². The molecule has 0 aromatic carbocycles. The number of isothiocyanates is 1. The van der Waals surface area contributed by atoms with Gasteiger partial charge in [-0.25, -0.2) is 0 Å². The zero-order valence-corrected chi connectivity index (χ0v) is 8.33. The number of aliphatic imine (C=N–C) groups is 1. The normalized spacial score (nSPS) is 45.9. The molecule has 0 amide bonds. The van der Waals surface area contributed by atoms with E-state index < -0.39 is 36.9 Å². The van der Waals surface area contributed by atoms with Crippen molar-refractivity contribution in [3.63, 3.8) is 0 Å². The molecule has 5 N–H and O–H groups in total. The summed E-state index contributed by atoms with van der Waals surface area (Å²) in [7, 11) is 0. The smallest absolute Gasteiger partial charge is 0.223 e. The quantitative estimate of drug-likeness (QED) is 0.260. The molecule has 1 aliphatic heterocycles. The second-order valence-corrected chi connectivity index (χ2v) is 3.30. The third-order valence-electron chi connectivity index (χ3n) is 2.22. The van der Waals surface area contributed by atoms with Gasteiger partial charge in [-0.3, -0.25) is 0 Å². The minimum atomic E-state index is -2.31. The number of thiocarbonyl (C=S) groups is 1. The zero-order valence-electron chi connectivity index (χ0n) is 7.52. The summed E-state index contributed by atoms with van der Waals surface area (Å²) in [6.45, 7) is -0.710. The molecule has 0 spiro atoms. The summed E-state index contributed by atoms with van der Waals surface area (Å²) < 4.78 is 4.65. The Hall–Kier alpha value is -0.440. The van der Waals surface area contributed by atoms with Crippen LogP contribution in [-0.4, -0.2) is 67.6 Å². The van der Waals surface area contributed by atoms with Crippen LogP contribution in [0.4, 0.5) is 0 Å². The standard InChI is InChI=1S/C7H11NO6S/c9-1-3-7(13,8-2-15)5(11)4(10)6(12)14-3/h3-6,9-13H,1H2/t3-,4+,5-,6+,7-/m1/s1. The van der Waals surface area contributed by atoms with Gasteiger partial charge in [0.2, 0.25) is 5.72 Å². The molecule has 0 aliphatic carbocycles. The van der Waals surface area contributed by atoms with E-state index in [1.54, 1.807) is 0 Å². The number of hydrogen-bond acceptors (Lipinski definition) is 8. The maximum atomic E-state index is 9.79. The first-order valence-corrected chi connectivity index (χ1v) is 4.50. The Bertz CT molecular complexity index is 279. The van der Waals surface area contributed by atoms with Gasteiger partial charge in [0.25, 0.3) is 0 Å². The fraction of sp³-hybridized carbons (Fsp3) is 0.857. The average Bonchev–Trinajstić information content (AvgIpc) is 2.21. The van der Waals surface area contributed by atoms with Crippen molar-refractivity contribution >= 4 is 17.4 Å². The SMILES string of the molecule is OC[C@H]1O[C@H](O)[C@@H](O)[C@@H](O)[C@@]1(O)N=C=S. The molecule has 1 saturated heterocycles. The van der Waals surface area contributed by atoms with Gasteiger partial charge in [0.15, 0.2) is 6.29 Å². The maximum absolute atomic E-state index is 9.79. The van der Waals surface area contributed by atoms with Gasteiger partial charge in [0.1, 0.15) is 18.3 Å². The molecule has 0 saturated carbocycles. The van der Waals surface area contributed by atoms with Gasteiger partial charge in [-0.05, 0) is 12.2 Å². The van der Waals surface area contributed by atoms with Crippen LogP contribution in [-0.2, 0) is 4.74 Å². The van der Waals surface area contributed by atoms with E-state index in [4.69, 9.17) is 10.2 Å². The zero-order chi connectivity index (χ0) is 11.6. The third-order valence-corrected chi connectivity index (χ3v) is 2.31. The van der Waals surface area contributed by atoms with Gasteiger partial charge in [-0.15, -0.1) is 0 Å². The fourth-order valence-corrected chi connectivity index (χ4v) is 1.48. The second kappa shape index (κ2) is 4.60. The number of hydrogen-bond donors (Lipinski definition) is 5. The highest BCUT2D eigenvalue weighted by Crippen LogP contribution is 2.29. The lowest BCUT2D eigenvalue weighted by Gasteiger charge is -2.43. The van der Waals surface area contributed by atoms with Crippen LogP contribution in [0.3, 0.4) is 0 Å². The lowest BCUT2D eigenvalue weighted by Crippen LogP contribution is -2.65. The van der Waals surface area contributed by atoms with Crippen molar-refractivity contribution < 1.29 is 30.3 Å². The summed E-state index contributed by atoms with van der Waals surface area (Å²) in [6.07, 6.45) is -6.67. The summed E-state index contributed by atoms with van der Waals surface area (Å²) in [5, 5.41) is 48.3. The van der Waals surface area contributed by atoms with E-state index in [1.807, 2.05) is 5.16 Å². The largest absolute Gasteiger partial charge is 0.393 e. The van der Waals surface area contributed by atoms with Crippen molar-refractivity contribution in [2.45, 2.75) is 30.3 Å². The first-order valence-electron chi connectivity index (χ1n) is 4.09. The average molecular weight is 237 g/mol. The summed E-state index contributed by atoms with van der Waals surface area (Å²) in [6, 6.07) is 0. The molecular formula is C7H11NO6S. The predicted octanol–water partition coefficient (Wildman–Crippen LogP) is -2.79. The highest BCUT2D eigenvalue weighted by Gasteiger charge is 2.54. The van der Waals surface area contributed by atoms with Crippen LogP contribution in [0.2, 0.25) is 0 Å². The molecule has 0 bridgehead atoms. The molecule has 0 aromatic heterocycles. The first-order chi connectivity index (χ1) is 6.97. The highest BCUT2D eigenvalue weighted by molar-refractivity contribution is 7.78. The Balaban J connectivity index is 3.04. The van der Waals surface area contributed by atoms with E-state index in [9.17, 15) is 15.3 Å². The molecule has 0 aromatic rings. The third kappa shape index (κ3) is 2.07. The van der Waals surface area contributed by atoms with Crippen molar-refractivity contribution in [1.82, 2.24) is 0 Å². The molecule has 7 nitrogen and oxygen atoms in total. The maximum Gasteiger partial charge on any atom is 0.223 e. The number of ether oxygens (including phenoxy) is 1. The highest BCUT2D eigenvalue weighted by atomic mass is 32.1. The van der Waals surface area contributed by atoms with E-state index in [2.05, 4.69) is 21.9 Å². The van der Waals surface area contributed by atoms with E-state index >= 15 is 0 Å². The van der Waals surface area contributed by atoms with Crippen molar-refractivity contribution in [2.75, 3.05) is 6.61 Å². The molecule has 5 atom stereocenters. The lowest BCUT2D eigenvalue weighted by atomic mass is 9.93. The lowest BCUT2D eigenvalue weighted by molar-refractivity contribution is -0.318. The molecule has 0 unspecified atom stereocenters. The van der Waals surface area contributed by atoms with Crippen LogP contribution in [0.5, 0.6) is 0 Å². The molecule has 1 rings (SSSR count). The predicted molar refractivity (Wildman–Crippen MR) is 50.0 cm³/mol. The van der Waals surface area contributed by atoms with Gasteiger partial charge >= 0.3 is 0 Å². The second-order valence-electron chi connectivity index (χ2n) is 3.12. The van der Waals surface area contributed by atoms with E-state index in [0.29, 0.717) is 0 Å². The van der Waals surface area contributed by atoms with Crippen molar-refractivity contribution in [3.05, 3.63) is 0 Å². The van der Waals surface area contributed by atoms with Crippen molar-refractivity contribution in [3.8, 4) is 0 Å². The molecule has 1 aliphatic rings. The Morgan fingerprint density at radius 2 is 2.00 bits per heavy atom. The van der Waals surface area contributed by atoms with Gasteiger partial charge < -0.3 is 30.3 Å². The Labute approximate surface area is 90.3 Å². The van der Waals surface area contributed by atoms with E-state index in [0.717, 1.165) is 0 Å². The van der Waals surface area contributed by atoms with Crippen LogP contribution >= 0.6 is 12.2 Å². The topological polar surface area (TPSA) is 123 Å². The Morgan fingerprint density at radius 1 is 1.40 bits per heavy atom. The van der Waals surface area contributed by atoms with Crippen LogP contribution in [0, 0.1) is 0 Å². The van der Waals surface area contributed by atoms with Gasteiger partial charge in [-0.1, -0.05) is 0 Å². The number of aliphatic hydroxyl groups excluding tert-OH is 4. The summed E-state index contributed by atoms with van der Waals surface area (Å²) in [5.41, 5.74) is -2.31. The van der Waals surface area contributed by atoms with Gasteiger partial charge in [-0.2, -0.15) is 4.99 Å².